The van der Waals surface area contributed by atoms with Crippen molar-refractivity contribution in [3.8, 4) is 0 Å². The van der Waals surface area contributed by atoms with Gasteiger partial charge in [-0.2, -0.15) is 13.2 Å². The van der Waals surface area contributed by atoms with E-state index in [1.54, 1.807) is 17.5 Å². The molecule has 2 N–H and O–H groups in total. The van der Waals surface area contributed by atoms with Gasteiger partial charge >= 0.3 is 6.18 Å². The molecule has 0 aliphatic heterocycles. The van der Waals surface area contributed by atoms with Crippen LogP contribution >= 0.6 is 22.9 Å². The van der Waals surface area contributed by atoms with Crippen LogP contribution < -0.4 is 10.6 Å². The van der Waals surface area contributed by atoms with E-state index in [1.807, 2.05) is 43.3 Å². The zero-order valence-electron chi connectivity index (χ0n) is 20.8. The molecule has 0 saturated carbocycles. The van der Waals surface area contributed by atoms with Gasteiger partial charge < -0.3 is 15.5 Å². The summed E-state index contributed by atoms with van der Waals surface area (Å²) in [5, 5.41) is 8.41. The van der Waals surface area contributed by atoms with Crippen molar-refractivity contribution in [1.82, 2.24) is 15.2 Å². The topological polar surface area (TPSA) is 74.3 Å². The largest absolute Gasteiger partial charge is 0.416 e. The summed E-state index contributed by atoms with van der Waals surface area (Å²) in [6.07, 6.45) is -4.48. The number of aromatic nitrogens is 1. The van der Waals surface area contributed by atoms with Crippen molar-refractivity contribution in [2.24, 2.45) is 0 Å². The summed E-state index contributed by atoms with van der Waals surface area (Å²) in [4.78, 5) is 32.0. The maximum Gasteiger partial charge on any atom is 0.416 e. The number of amides is 2. The predicted octanol–water partition coefficient (Wildman–Crippen LogP) is 6.83. The van der Waals surface area contributed by atoms with E-state index in [9.17, 15) is 22.8 Å². The number of carbonyl (C=O) groups is 2. The molecule has 1 aromatic heterocycles. The van der Waals surface area contributed by atoms with Crippen LogP contribution in [0.5, 0.6) is 0 Å². The summed E-state index contributed by atoms with van der Waals surface area (Å²) in [5.41, 5.74) is 2.17. The highest BCUT2D eigenvalue weighted by Crippen LogP contribution is 2.30. The molecule has 0 fully saturated rings. The van der Waals surface area contributed by atoms with Gasteiger partial charge in [-0.05, 0) is 47.9 Å². The number of rotatable bonds is 9. The van der Waals surface area contributed by atoms with Crippen molar-refractivity contribution >= 4 is 45.6 Å². The summed E-state index contributed by atoms with van der Waals surface area (Å²) >= 11 is 7.33. The lowest BCUT2D eigenvalue weighted by Crippen LogP contribution is -2.40. The Balaban J connectivity index is 1.47. The number of alkyl halides is 3. The highest BCUT2D eigenvalue weighted by Gasteiger charge is 2.30. The van der Waals surface area contributed by atoms with Gasteiger partial charge in [-0.1, -0.05) is 60.1 Å². The van der Waals surface area contributed by atoms with Crippen molar-refractivity contribution in [2.75, 3.05) is 11.9 Å². The first kappa shape index (κ1) is 28.1. The van der Waals surface area contributed by atoms with E-state index < -0.39 is 23.6 Å². The molecule has 2 amide bonds. The molecule has 1 heterocycles. The Morgan fingerprint density at radius 1 is 1.00 bits per heavy atom. The number of nitrogens with one attached hydrogen (secondary N) is 2. The molecule has 0 saturated heterocycles. The van der Waals surface area contributed by atoms with E-state index in [4.69, 9.17) is 11.6 Å². The summed E-state index contributed by atoms with van der Waals surface area (Å²) in [6, 6.07) is 19.3. The Hall–Kier alpha value is -3.89. The van der Waals surface area contributed by atoms with Crippen LogP contribution in [0.3, 0.4) is 0 Å². The molecule has 0 aliphatic carbocycles. The number of hydrogen-bond donors (Lipinski definition) is 2. The molecule has 3 aromatic carbocycles. The van der Waals surface area contributed by atoms with Crippen LogP contribution in [0.4, 0.5) is 24.0 Å². The fourth-order valence-corrected chi connectivity index (χ4v) is 4.60. The first-order chi connectivity index (χ1) is 18.6. The molecule has 0 radical (unpaired) electrons. The monoisotopic (exact) mass is 572 g/mol. The van der Waals surface area contributed by atoms with E-state index in [0.717, 1.165) is 28.9 Å². The highest BCUT2D eigenvalue weighted by molar-refractivity contribution is 7.14. The van der Waals surface area contributed by atoms with Crippen molar-refractivity contribution in [1.29, 1.82) is 0 Å². The fraction of sp³-hybridized carbons (Fsp3) is 0.179. The molecule has 0 unspecified atom stereocenters. The van der Waals surface area contributed by atoms with Gasteiger partial charge in [0.15, 0.2) is 5.13 Å². The molecule has 0 bridgehead atoms. The van der Waals surface area contributed by atoms with Crippen LogP contribution in [0, 0.1) is 6.92 Å². The van der Waals surface area contributed by atoms with Crippen LogP contribution in [0.25, 0.3) is 0 Å². The molecule has 0 aliphatic rings. The number of aryl methyl sites for hydroxylation is 1. The van der Waals surface area contributed by atoms with Crippen LogP contribution in [-0.4, -0.2) is 28.2 Å². The first-order valence-corrected chi connectivity index (χ1v) is 13.1. The van der Waals surface area contributed by atoms with Gasteiger partial charge in [0.25, 0.3) is 5.91 Å². The fourth-order valence-electron chi connectivity index (χ4n) is 3.73. The maximum atomic E-state index is 13.4. The van der Waals surface area contributed by atoms with E-state index in [1.165, 1.54) is 28.4 Å². The predicted molar refractivity (Wildman–Crippen MR) is 146 cm³/mol. The minimum atomic E-state index is -4.48. The smallest absolute Gasteiger partial charge is 0.350 e. The molecular formula is C28H24ClF3N4O2S. The number of hydrogen-bond acceptors (Lipinski definition) is 5. The number of halogens is 4. The van der Waals surface area contributed by atoms with Crippen LogP contribution in [0.2, 0.25) is 5.02 Å². The number of thiazole rings is 1. The Morgan fingerprint density at radius 2 is 1.74 bits per heavy atom. The lowest BCUT2D eigenvalue weighted by molar-refractivity contribution is -0.137. The second-order valence-corrected chi connectivity index (χ2v) is 10.0. The summed E-state index contributed by atoms with van der Waals surface area (Å²) in [7, 11) is 0. The second kappa shape index (κ2) is 12.3. The van der Waals surface area contributed by atoms with Gasteiger partial charge in [-0.3, -0.25) is 9.59 Å². The third kappa shape index (κ3) is 7.81. The summed E-state index contributed by atoms with van der Waals surface area (Å²) in [6.45, 7) is 1.64. The number of anilines is 2. The average Bonchev–Trinajstić information content (AvgIpc) is 3.37. The average molecular weight is 573 g/mol. The van der Waals surface area contributed by atoms with Crippen LogP contribution in [0.15, 0.2) is 78.2 Å². The lowest BCUT2D eigenvalue weighted by atomic mass is 10.1. The normalized spacial score (nSPS) is 11.2. The van der Waals surface area contributed by atoms with Crippen molar-refractivity contribution < 1.29 is 22.8 Å². The van der Waals surface area contributed by atoms with Gasteiger partial charge in [0.05, 0.1) is 5.56 Å². The molecule has 11 heteroatoms. The van der Waals surface area contributed by atoms with E-state index in [-0.39, 0.29) is 25.3 Å². The molecular weight excluding hydrogens is 549 g/mol. The lowest BCUT2D eigenvalue weighted by Gasteiger charge is -2.21. The Labute approximate surface area is 232 Å². The van der Waals surface area contributed by atoms with E-state index >= 15 is 0 Å². The highest BCUT2D eigenvalue weighted by atomic mass is 35.5. The Kier molecular flexibility index (Phi) is 8.88. The zero-order valence-corrected chi connectivity index (χ0v) is 22.3. The number of benzene rings is 3. The summed E-state index contributed by atoms with van der Waals surface area (Å²) in [5.74, 6) is -0.972. The molecule has 4 rings (SSSR count). The van der Waals surface area contributed by atoms with Gasteiger partial charge in [0.1, 0.15) is 12.2 Å². The Bertz CT molecular complexity index is 1460. The van der Waals surface area contributed by atoms with Gasteiger partial charge in [0, 0.05) is 29.2 Å². The van der Waals surface area contributed by atoms with Crippen LogP contribution in [0.1, 0.15) is 32.7 Å². The number of carbonyl (C=O) groups excluding carboxylic acids is 2. The Morgan fingerprint density at radius 3 is 2.49 bits per heavy atom. The molecule has 202 valence electrons. The standard InChI is InChI=1S/C28H24ClF3N4O2S/c1-18-10-11-22(29)13-23(18)34-27-35-24(17-39-27)26(38)36(15-19-6-3-2-4-7-19)16-25(37)33-14-20-8-5-9-21(12-20)28(30,31)32/h2-13,17H,14-16H2,1H3,(H,33,37)(H,34,35). The summed E-state index contributed by atoms with van der Waals surface area (Å²) < 4.78 is 39.0. The van der Waals surface area contributed by atoms with Gasteiger partial charge in [-0.15, -0.1) is 11.3 Å². The van der Waals surface area contributed by atoms with Crippen molar-refractivity contribution in [3.63, 3.8) is 0 Å². The van der Waals surface area contributed by atoms with Gasteiger partial charge in [0.2, 0.25) is 5.91 Å². The quantitative estimate of drug-likeness (QED) is 0.231. The molecule has 0 atom stereocenters. The molecule has 4 aromatic rings. The van der Waals surface area contributed by atoms with E-state index in [2.05, 4.69) is 15.6 Å². The SMILES string of the molecule is Cc1ccc(Cl)cc1Nc1nc(C(=O)N(CC(=O)NCc2cccc(C(F)(F)F)c2)Cc2ccccc2)cs1. The zero-order chi connectivity index (χ0) is 28.0. The van der Waals surface area contributed by atoms with E-state index in [0.29, 0.717) is 15.7 Å². The third-order valence-electron chi connectivity index (χ3n) is 5.75. The second-order valence-electron chi connectivity index (χ2n) is 8.74. The molecule has 0 spiro atoms. The van der Waals surface area contributed by atoms with Crippen LogP contribution in [-0.2, 0) is 24.1 Å². The number of nitrogens with zero attached hydrogens (tertiary/aromatic N) is 2. The van der Waals surface area contributed by atoms with Crippen molar-refractivity contribution in [2.45, 2.75) is 26.2 Å². The minimum absolute atomic E-state index is 0.111. The first-order valence-electron chi connectivity index (χ1n) is 11.8. The third-order valence-corrected chi connectivity index (χ3v) is 6.74. The minimum Gasteiger partial charge on any atom is -0.350 e. The van der Waals surface area contributed by atoms with Crippen molar-refractivity contribution in [3.05, 3.63) is 111 Å². The molecule has 6 nitrogen and oxygen atoms in total. The molecule has 39 heavy (non-hydrogen) atoms. The maximum absolute atomic E-state index is 13.4. The van der Waals surface area contributed by atoms with Gasteiger partial charge in [-0.25, -0.2) is 4.98 Å².